The van der Waals surface area contributed by atoms with E-state index in [2.05, 4.69) is 41.0 Å². The lowest BCUT2D eigenvalue weighted by Gasteiger charge is -2.21. The number of anilines is 1. The second kappa shape index (κ2) is 6.14. The van der Waals surface area contributed by atoms with Crippen LogP contribution in [0.5, 0.6) is 0 Å². The van der Waals surface area contributed by atoms with Crippen LogP contribution < -0.4 is 10.2 Å². The molecule has 0 aliphatic heterocycles. The van der Waals surface area contributed by atoms with Crippen molar-refractivity contribution in [3.05, 3.63) is 18.1 Å². The quantitative estimate of drug-likeness (QED) is 0.803. The average Bonchev–Trinajstić information content (AvgIpc) is 3.18. The van der Waals surface area contributed by atoms with Crippen molar-refractivity contribution in [2.45, 2.75) is 46.2 Å². The second-order valence-electron chi connectivity index (χ2n) is 5.38. The summed E-state index contributed by atoms with van der Waals surface area (Å²) in [5.41, 5.74) is 1.01. The summed E-state index contributed by atoms with van der Waals surface area (Å²) >= 11 is 0. The lowest BCUT2D eigenvalue weighted by atomic mass is 10.3. The zero-order valence-corrected chi connectivity index (χ0v) is 11.7. The van der Waals surface area contributed by atoms with Crippen molar-refractivity contribution >= 4 is 5.82 Å². The van der Waals surface area contributed by atoms with Crippen LogP contribution in [0.3, 0.4) is 0 Å². The van der Waals surface area contributed by atoms with Crippen LogP contribution in [0.4, 0.5) is 5.82 Å². The first-order chi connectivity index (χ1) is 8.69. The maximum atomic E-state index is 4.53. The molecule has 1 N–H and O–H groups in total. The summed E-state index contributed by atoms with van der Waals surface area (Å²) in [6, 6.07) is 0.480. The fraction of sp³-hybridized carbons (Fsp3) is 0.714. The van der Waals surface area contributed by atoms with Gasteiger partial charge >= 0.3 is 0 Å². The molecule has 100 valence electrons. The third-order valence-corrected chi connectivity index (χ3v) is 3.26. The van der Waals surface area contributed by atoms with Crippen LogP contribution >= 0.6 is 0 Å². The minimum absolute atomic E-state index is 0.480. The van der Waals surface area contributed by atoms with Gasteiger partial charge in [0.2, 0.25) is 0 Å². The van der Waals surface area contributed by atoms with Gasteiger partial charge in [0.15, 0.2) is 0 Å². The van der Waals surface area contributed by atoms with Crippen molar-refractivity contribution in [3.63, 3.8) is 0 Å². The fourth-order valence-corrected chi connectivity index (χ4v) is 1.91. The van der Waals surface area contributed by atoms with Crippen LogP contribution in [0.25, 0.3) is 0 Å². The molecule has 0 saturated heterocycles. The summed E-state index contributed by atoms with van der Waals surface area (Å²) in [5.74, 6) is 1.90. The molecule has 0 spiro atoms. The van der Waals surface area contributed by atoms with Crippen molar-refractivity contribution in [2.75, 3.05) is 18.0 Å². The topological polar surface area (TPSA) is 41.1 Å². The van der Waals surface area contributed by atoms with Gasteiger partial charge in [-0.05, 0) is 25.7 Å². The first kappa shape index (κ1) is 13.3. The normalized spacial score (nSPS) is 15.1. The Morgan fingerprint density at radius 1 is 1.33 bits per heavy atom. The minimum atomic E-state index is 0.480. The molecule has 2 rings (SSSR count). The molecule has 0 radical (unpaired) electrons. The Morgan fingerprint density at radius 3 is 2.61 bits per heavy atom. The molecule has 0 amide bonds. The van der Waals surface area contributed by atoms with Crippen molar-refractivity contribution in [1.29, 1.82) is 0 Å². The molecule has 1 aliphatic rings. The van der Waals surface area contributed by atoms with Gasteiger partial charge in [-0.25, -0.2) is 4.98 Å². The summed E-state index contributed by atoms with van der Waals surface area (Å²) in [6.45, 7) is 9.38. The molecular formula is C14H24N4. The molecule has 4 heteroatoms. The van der Waals surface area contributed by atoms with Gasteiger partial charge in [0, 0.05) is 25.7 Å². The predicted molar refractivity (Wildman–Crippen MR) is 74.6 cm³/mol. The van der Waals surface area contributed by atoms with E-state index in [0.29, 0.717) is 6.04 Å². The van der Waals surface area contributed by atoms with Crippen LogP contribution in [0, 0.1) is 5.92 Å². The zero-order valence-electron chi connectivity index (χ0n) is 11.7. The van der Waals surface area contributed by atoms with Gasteiger partial charge in [-0.2, -0.15) is 0 Å². The van der Waals surface area contributed by atoms with Crippen molar-refractivity contribution in [2.24, 2.45) is 5.92 Å². The fourth-order valence-electron chi connectivity index (χ4n) is 1.91. The van der Waals surface area contributed by atoms with Gasteiger partial charge < -0.3 is 10.2 Å². The van der Waals surface area contributed by atoms with Crippen LogP contribution in [-0.2, 0) is 6.54 Å². The number of aromatic nitrogens is 2. The standard InChI is InChI=1S/C14H24N4/c1-4-18(10-12-5-6-12)14-9-16-13(8-17-14)7-15-11(2)3/h8-9,11-12,15H,4-7,10H2,1-3H3. The van der Waals surface area contributed by atoms with E-state index >= 15 is 0 Å². The smallest absolute Gasteiger partial charge is 0.147 e. The summed E-state index contributed by atoms with van der Waals surface area (Å²) in [7, 11) is 0. The van der Waals surface area contributed by atoms with Crippen LogP contribution in [0.2, 0.25) is 0 Å². The van der Waals surface area contributed by atoms with Crippen LogP contribution in [0.1, 0.15) is 39.3 Å². The predicted octanol–water partition coefficient (Wildman–Crippen LogP) is 2.21. The Labute approximate surface area is 110 Å². The Hall–Kier alpha value is -1.16. The van der Waals surface area contributed by atoms with E-state index in [-0.39, 0.29) is 0 Å². The maximum Gasteiger partial charge on any atom is 0.147 e. The number of nitrogens with one attached hydrogen (secondary N) is 1. The van der Waals surface area contributed by atoms with Gasteiger partial charge in [-0.1, -0.05) is 13.8 Å². The summed E-state index contributed by atoms with van der Waals surface area (Å²) < 4.78 is 0. The number of nitrogens with zero attached hydrogens (tertiary/aromatic N) is 3. The van der Waals surface area contributed by atoms with E-state index in [4.69, 9.17) is 0 Å². The highest BCUT2D eigenvalue weighted by atomic mass is 15.2. The summed E-state index contributed by atoms with van der Waals surface area (Å²) in [6.07, 6.45) is 6.55. The van der Waals surface area contributed by atoms with E-state index < -0.39 is 0 Å². The Balaban J connectivity index is 1.92. The number of hydrogen-bond acceptors (Lipinski definition) is 4. The van der Waals surface area contributed by atoms with Gasteiger partial charge in [-0.3, -0.25) is 4.98 Å². The molecule has 1 heterocycles. The Bertz CT molecular complexity index is 357. The highest BCUT2D eigenvalue weighted by molar-refractivity contribution is 5.35. The third kappa shape index (κ3) is 3.95. The molecule has 1 aromatic heterocycles. The Morgan fingerprint density at radius 2 is 2.11 bits per heavy atom. The molecule has 0 bridgehead atoms. The molecule has 1 fully saturated rings. The van der Waals surface area contributed by atoms with Gasteiger partial charge in [0.25, 0.3) is 0 Å². The highest BCUT2D eigenvalue weighted by Gasteiger charge is 2.24. The SMILES string of the molecule is CCN(CC1CC1)c1cnc(CNC(C)C)cn1. The molecule has 0 atom stereocenters. The Kier molecular flexibility index (Phi) is 4.53. The van der Waals surface area contributed by atoms with Crippen molar-refractivity contribution < 1.29 is 0 Å². The molecule has 1 saturated carbocycles. The van der Waals surface area contributed by atoms with Crippen molar-refractivity contribution in [1.82, 2.24) is 15.3 Å². The molecule has 1 aromatic rings. The highest BCUT2D eigenvalue weighted by Crippen LogP contribution is 2.30. The minimum Gasteiger partial charge on any atom is -0.355 e. The first-order valence-corrected chi connectivity index (χ1v) is 6.98. The van der Waals surface area contributed by atoms with E-state index in [1.54, 1.807) is 0 Å². The largest absolute Gasteiger partial charge is 0.355 e. The molecular weight excluding hydrogens is 224 g/mol. The zero-order chi connectivity index (χ0) is 13.0. The molecule has 18 heavy (non-hydrogen) atoms. The summed E-state index contributed by atoms with van der Waals surface area (Å²) in [5, 5.41) is 3.35. The van der Waals surface area contributed by atoms with Gasteiger partial charge in [0.05, 0.1) is 18.1 Å². The lowest BCUT2D eigenvalue weighted by Crippen LogP contribution is -2.27. The number of rotatable bonds is 7. The lowest BCUT2D eigenvalue weighted by molar-refractivity contribution is 0.580. The van der Waals surface area contributed by atoms with Gasteiger partial charge in [0.1, 0.15) is 5.82 Å². The van der Waals surface area contributed by atoms with E-state index in [1.807, 2.05) is 12.4 Å². The maximum absolute atomic E-state index is 4.53. The van der Waals surface area contributed by atoms with Gasteiger partial charge in [-0.15, -0.1) is 0 Å². The van der Waals surface area contributed by atoms with E-state index in [9.17, 15) is 0 Å². The molecule has 0 unspecified atom stereocenters. The van der Waals surface area contributed by atoms with E-state index in [1.165, 1.54) is 12.8 Å². The summed E-state index contributed by atoms with van der Waals surface area (Å²) in [4.78, 5) is 11.3. The third-order valence-electron chi connectivity index (χ3n) is 3.26. The number of hydrogen-bond donors (Lipinski definition) is 1. The second-order valence-corrected chi connectivity index (χ2v) is 5.38. The monoisotopic (exact) mass is 248 g/mol. The van der Waals surface area contributed by atoms with Crippen LogP contribution in [0.15, 0.2) is 12.4 Å². The first-order valence-electron chi connectivity index (χ1n) is 6.98. The van der Waals surface area contributed by atoms with Crippen molar-refractivity contribution in [3.8, 4) is 0 Å². The molecule has 4 nitrogen and oxygen atoms in total. The average molecular weight is 248 g/mol. The molecule has 0 aromatic carbocycles. The molecule has 1 aliphatic carbocycles. The van der Waals surface area contributed by atoms with Crippen LogP contribution in [-0.4, -0.2) is 29.1 Å². The van der Waals surface area contributed by atoms with E-state index in [0.717, 1.165) is 37.1 Å².